The molecule has 0 aliphatic carbocycles. The van der Waals surface area contributed by atoms with Crippen molar-refractivity contribution in [3.8, 4) is 5.75 Å². The molecule has 31 heavy (non-hydrogen) atoms. The summed E-state index contributed by atoms with van der Waals surface area (Å²) in [6.07, 6.45) is 1.20. The fourth-order valence-electron chi connectivity index (χ4n) is 3.12. The smallest absolute Gasteiger partial charge is 0.342 e. The number of hydrogen-bond donors (Lipinski definition) is 2. The second kappa shape index (κ2) is 7.93. The quantitative estimate of drug-likeness (QED) is 0.732. The maximum Gasteiger partial charge on any atom is 0.342 e. The molecular weight excluding hydrogens is 419 g/mol. The minimum Gasteiger partial charge on any atom is -0.495 e. The standard InChI is InChI=1S/C19H20F3N5O4/c1-9(2)27-8-19(21,22)17(30)26(3)13-7-23-18(25-15(13)27)24-12-6-11(20)10(16(28)29)5-14(12)31-4/h5-7,9H,8H2,1-4H3,(H,28,29)(H,23,24,25). The summed E-state index contributed by atoms with van der Waals surface area (Å²) in [6, 6.07) is 1.48. The van der Waals surface area contributed by atoms with Gasteiger partial charge in [-0.1, -0.05) is 0 Å². The summed E-state index contributed by atoms with van der Waals surface area (Å²) in [7, 11) is 2.48. The molecule has 1 amide bonds. The zero-order valence-corrected chi connectivity index (χ0v) is 17.1. The minimum absolute atomic E-state index is 0.0110. The van der Waals surface area contributed by atoms with Crippen molar-refractivity contribution in [3.05, 3.63) is 29.7 Å². The number of carboxylic acids is 1. The Labute approximate surface area is 175 Å². The van der Waals surface area contributed by atoms with Gasteiger partial charge in [0.15, 0.2) is 5.82 Å². The molecule has 0 radical (unpaired) electrons. The molecule has 0 fully saturated rings. The van der Waals surface area contributed by atoms with E-state index in [0.29, 0.717) is 0 Å². The highest BCUT2D eigenvalue weighted by molar-refractivity contribution is 6.02. The number of rotatable bonds is 5. The molecule has 2 N–H and O–H groups in total. The van der Waals surface area contributed by atoms with Gasteiger partial charge >= 0.3 is 11.9 Å². The van der Waals surface area contributed by atoms with Gasteiger partial charge in [-0.2, -0.15) is 13.8 Å². The summed E-state index contributed by atoms with van der Waals surface area (Å²) in [6.45, 7) is 2.48. The van der Waals surface area contributed by atoms with Crippen molar-refractivity contribution in [1.82, 2.24) is 9.97 Å². The third-order valence-electron chi connectivity index (χ3n) is 4.76. The van der Waals surface area contributed by atoms with E-state index in [2.05, 4.69) is 15.3 Å². The number of amides is 1. The largest absolute Gasteiger partial charge is 0.495 e. The van der Waals surface area contributed by atoms with Gasteiger partial charge in [0, 0.05) is 19.2 Å². The average molecular weight is 439 g/mol. The lowest BCUT2D eigenvalue weighted by Gasteiger charge is -2.29. The van der Waals surface area contributed by atoms with Gasteiger partial charge in [-0.3, -0.25) is 4.79 Å². The number of carboxylic acid groups (broad SMARTS) is 1. The maximum atomic E-state index is 14.4. The van der Waals surface area contributed by atoms with Gasteiger partial charge in [-0.15, -0.1) is 0 Å². The number of aromatic nitrogens is 2. The van der Waals surface area contributed by atoms with Crippen molar-refractivity contribution in [2.45, 2.75) is 25.8 Å². The number of alkyl halides is 2. The molecule has 3 rings (SSSR count). The molecule has 0 bridgehead atoms. The van der Waals surface area contributed by atoms with Crippen LogP contribution in [-0.2, 0) is 4.79 Å². The van der Waals surface area contributed by atoms with E-state index in [4.69, 9.17) is 9.84 Å². The number of hydrogen-bond acceptors (Lipinski definition) is 7. The van der Waals surface area contributed by atoms with Gasteiger partial charge < -0.3 is 25.0 Å². The topological polar surface area (TPSA) is 108 Å². The molecule has 2 heterocycles. The number of methoxy groups -OCH3 is 1. The van der Waals surface area contributed by atoms with Gasteiger partial charge in [0.05, 0.1) is 31.1 Å². The van der Waals surface area contributed by atoms with Crippen LogP contribution in [0.15, 0.2) is 18.3 Å². The molecule has 1 aliphatic rings. The van der Waals surface area contributed by atoms with Crippen molar-refractivity contribution in [2.24, 2.45) is 0 Å². The van der Waals surface area contributed by atoms with E-state index in [1.54, 1.807) is 13.8 Å². The number of halogens is 3. The molecule has 166 valence electrons. The van der Waals surface area contributed by atoms with E-state index in [0.717, 1.165) is 17.0 Å². The number of carbonyl (C=O) groups excluding carboxylic acids is 1. The monoisotopic (exact) mass is 439 g/mol. The summed E-state index contributed by atoms with van der Waals surface area (Å²) < 4.78 is 48.0. The number of carbonyl (C=O) groups is 2. The lowest BCUT2D eigenvalue weighted by Crippen LogP contribution is -2.47. The first kappa shape index (κ1) is 22.1. The van der Waals surface area contributed by atoms with Crippen molar-refractivity contribution < 1.29 is 32.6 Å². The molecule has 1 aromatic heterocycles. The highest BCUT2D eigenvalue weighted by Crippen LogP contribution is 2.37. The highest BCUT2D eigenvalue weighted by atomic mass is 19.3. The average Bonchev–Trinajstić information content (AvgIpc) is 2.77. The zero-order chi connectivity index (χ0) is 23.1. The second-order valence-electron chi connectivity index (χ2n) is 7.16. The first-order valence-electron chi connectivity index (χ1n) is 9.13. The fourth-order valence-corrected chi connectivity index (χ4v) is 3.12. The van der Waals surface area contributed by atoms with Gasteiger partial charge in [-0.25, -0.2) is 14.2 Å². The van der Waals surface area contributed by atoms with Crippen LogP contribution in [-0.4, -0.2) is 59.6 Å². The molecule has 9 nitrogen and oxygen atoms in total. The van der Waals surface area contributed by atoms with Crippen molar-refractivity contribution in [3.63, 3.8) is 0 Å². The Morgan fingerprint density at radius 2 is 2.03 bits per heavy atom. The number of ether oxygens (including phenoxy) is 1. The van der Waals surface area contributed by atoms with Crippen LogP contribution >= 0.6 is 0 Å². The minimum atomic E-state index is -3.63. The molecule has 0 spiro atoms. The lowest BCUT2D eigenvalue weighted by molar-refractivity contribution is -0.140. The molecule has 0 atom stereocenters. The van der Waals surface area contributed by atoms with Gasteiger partial charge in [-0.05, 0) is 19.9 Å². The van der Waals surface area contributed by atoms with Crippen molar-refractivity contribution >= 4 is 35.0 Å². The molecule has 0 unspecified atom stereocenters. The lowest BCUT2D eigenvalue weighted by atomic mass is 10.1. The van der Waals surface area contributed by atoms with Crippen LogP contribution in [0.5, 0.6) is 5.75 Å². The Morgan fingerprint density at radius 1 is 1.35 bits per heavy atom. The van der Waals surface area contributed by atoms with Crippen LogP contribution in [0.2, 0.25) is 0 Å². The van der Waals surface area contributed by atoms with Crippen LogP contribution in [0, 0.1) is 5.82 Å². The highest BCUT2D eigenvalue weighted by Gasteiger charge is 2.47. The van der Waals surface area contributed by atoms with Crippen LogP contribution in [0.4, 0.5) is 36.3 Å². The normalized spacial score (nSPS) is 15.5. The predicted octanol–water partition coefficient (Wildman–Crippen LogP) is 2.89. The fraction of sp³-hybridized carbons (Fsp3) is 0.368. The molecule has 0 saturated heterocycles. The number of fused-ring (bicyclic) bond motifs is 1. The SMILES string of the molecule is COc1cc(C(=O)O)c(F)cc1Nc1ncc2c(n1)N(C(C)C)CC(F)(F)C(=O)N2C. The Balaban J connectivity index is 2.07. The number of anilines is 4. The Morgan fingerprint density at radius 3 is 2.61 bits per heavy atom. The van der Waals surface area contributed by atoms with Gasteiger partial charge in [0.2, 0.25) is 5.95 Å². The first-order valence-corrected chi connectivity index (χ1v) is 9.13. The maximum absolute atomic E-state index is 14.4. The van der Waals surface area contributed by atoms with Crippen molar-refractivity contribution in [1.29, 1.82) is 0 Å². The van der Waals surface area contributed by atoms with Crippen molar-refractivity contribution in [2.75, 3.05) is 35.8 Å². The Kier molecular flexibility index (Phi) is 5.66. The summed E-state index contributed by atoms with van der Waals surface area (Å²) in [5.41, 5.74) is -0.469. The summed E-state index contributed by atoms with van der Waals surface area (Å²) in [5, 5.41) is 11.8. The summed E-state index contributed by atoms with van der Waals surface area (Å²) in [5.74, 6) is -7.49. The summed E-state index contributed by atoms with van der Waals surface area (Å²) in [4.78, 5) is 33.6. The molecule has 1 aliphatic heterocycles. The number of aromatic carboxylic acids is 1. The second-order valence-corrected chi connectivity index (χ2v) is 7.16. The molecule has 0 saturated carbocycles. The van der Waals surface area contributed by atoms with E-state index in [1.807, 2.05) is 0 Å². The van der Waals surface area contributed by atoms with E-state index >= 15 is 0 Å². The van der Waals surface area contributed by atoms with Crippen LogP contribution in [0.1, 0.15) is 24.2 Å². The number of benzene rings is 1. The van der Waals surface area contributed by atoms with E-state index in [1.165, 1.54) is 25.3 Å². The first-order chi connectivity index (χ1) is 14.5. The van der Waals surface area contributed by atoms with Crippen LogP contribution in [0.3, 0.4) is 0 Å². The Bertz CT molecular complexity index is 1050. The van der Waals surface area contributed by atoms with E-state index < -0.39 is 41.8 Å². The molecule has 2 aromatic rings. The van der Waals surface area contributed by atoms with E-state index in [9.17, 15) is 22.8 Å². The number of nitrogens with one attached hydrogen (secondary N) is 1. The van der Waals surface area contributed by atoms with Gasteiger partial charge in [0.25, 0.3) is 5.91 Å². The number of nitrogens with zero attached hydrogens (tertiary/aromatic N) is 4. The molecular formula is C19H20F3N5O4. The van der Waals surface area contributed by atoms with Crippen LogP contribution in [0.25, 0.3) is 0 Å². The Hall–Kier alpha value is -3.57. The predicted molar refractivity (Wildman–Crippen MR) is 106 cm³/mol. The van der Waals surface area contributed by atoms with E-state index in [-0.39, 0.29) is 28.9 Å². The van der Waals surface area contributed by atoms with Crippen LogP contribution < -0.4 is 19.9 Å². The molecule has 12 heteroatoms. The van der Waals surface area contributed by atoms with Gasteiger partial charge in [0.1, 0.15) is 17.3 Å². The molecule has 1 aromatic carbocycles. The third kappa shape index (κ3) is 4.05. The third-order valence-corrected chi connectivity index (χ3v) is 4.76. The zero-order valence-electron chi connectivity index (χ0n) is 17.1. The summed E-state index contributed by atoms with van der Waals surface area (Å²) >= 11 is 0.